The lowest BCUT2D eigenvalue weighted by atomic mass is 9.84. The highest BCUT2D eigenvalue weighted by Gasteiger charge is 2.35. The third-order valence-electron chi connectivity index (χ3n) is 5.13. The molecule has 0 spiro atoms. The van der Waals surface area contributed by atoms with Crippen molar-refractivity contribution >= 4 is 11.9 Å². The Kier molecular flexibility index (Phi) is 4.64. The van der Waals surface area contributed by atoms with E-state index in [0.717, 1.165) is 17.3 Å². The third kappa shape index (κ3) is 3.27. The number of aromatic carboxylic acids is 1. The third-order valence-corrected chi connectivity index (χ3v) is 5.13. The van der Waals surface area contributed by atoms with Crippen LogP contribution in [0.15, 0.2) is 71.7 Å². The van der Waals surface area contributed by atoms with Crippen LogP contribution in [0.1, 0.15) is 37.9 Å². The van der Waals surface area contributed by atoms with Gasteiger partial charge in [-0.05, 0) is 11.1 Å². The van der Waals surface area contributed by atoms with Crippen molar-refractivity contribution in [2.45, 2.75) is 18.5 Å². The number of carbonyl (C=O) groups is 2. The monoisotopic (exact) mass is 390 g/mol. The van der Waals surface area contributed by atoms with E-state index in [1.165, 1.54) is 4.57 Å². The second kappa shape index (κ2) is 7.27. The maximum Gasteiger partial charge on any atom is 0.341 e. The molecule has 0 radical (unpaired) electrons. The molecule has 2 aromatic carbocycles. The van der Waals surface area contributed by atoms with Gasteiger partial charge in [0.2, 0.25) is 5.43 Å². The van der Waals surface area contributed by atoms with E-state index in [2.05, 4.69) is 5.32 Å². The van der Waals surface area contributed by atoms with Crippen LogP contribution in [0.2, 0.25) is 0 Å². The zero-order chi connectivity index (χ0) is 20.5. The Hall–Kier alpha value is -3.87. The average Bonchev–Trinajstić information content (AvgIpc) is 2.72. The summed E-state index contributed by atoms with van der Waals surface area (Å²) in [6.45, 7) is 0.198. The molecule has 4 rings (SSSR count). The van der Waals surface area contributed by atoms with E-state index in [1.807, 2.05) is 60.7 Å². The molecule has 7 heteroatoms. The topological polar surface area (TPSA) is 109 Å². The molecule has 7 nitrogen and oxygen atoms in total. The molecule has 1 amide bonds. The number of rotatable bonds is 4. The number of aromatic hydroxyl groups is 1. The number of fused-ring (bicyclic) bond motifs is 1. The van der Waals surface area contributed by atoms with Crippen LogP contribution in [0, 0.1) is 0 Å². The van der Waals surface area contributed by atoms with Crippen LogP contribution in [-0.4, -0.2) is 32.7 Å². The van der Waals surface area contributed by atoms with Gasteiger partial charge >= 0.3 is 5.97 Å². The predicted molar refractivity (Wildman–Crippen MR) is 105 cm³/mol. The van der Waals surface area contributed by atoms with Gasteiger partial charge in [-0.25, -0.2) is 4.79 Å². The molecule has 1 aromatic heterocycles. The lowest BCUT2D eigenvalue weighted by Gasteiger charge is -2.34. The predicted octanol–water partition coefficient (Wildman–Crippen LogP) is 2.20. The molecule has 0 saturated carbocycles. The molecular formula is C22H18N2O5. The number of nitrogens with zero attached hydrogens (tertiary/aromatic N) is 1. The van der Waals surface area contributed by atoms with Crippen LogP contribution in [0.4, 0.5) is 0 Å². The molecule has 146 valence electrons. The number of carboxylic acid groups (broad SMARTS) is 1. The summed E-state index contributed by atoms with van der Waals surface area (Å²) in [6, 6.07) is 18.9. The Balaban J connectivity index is 1.83. The number of hydrogen-bond acceptors (Lipinski definition) is 4. The maximum absolute atomic E-state index is 12.7. The minimum absolute atomic E-state index is 0.198. The summed E-state index contributed by atoms with van der Waals surface area (Å²) in [5.41, 5.74) is 0.0964. The number of carbonyl (C=O) groups excluding carboxylic acids is 1. The van der Waals surface area contributed by atoms with Crippen LogP contribution in [0.25, 0.3) is 0 Å². The van der Waals surface area contributed by atoms with Gasteiger partial charge in [0.25, 0.3) is 5.91 Å². The molecule has 3 aromatic rings. The number of pyridine rings is 1. The quantitative estimate of drug-likeness (QED) is 0.633. The van der Waals surface area contributed by atoms with Crippen molar-refractivity contribution in [3.05, 3.63) is 99.5 Å². The first-order valence-corrected chi connectivity index (χ1v) is 9.08. The van der Waals surface area contributed by atoms with E-state index in [9.17, 15) is 24.6 Å². The maximum atomic E-state index is 12.7. The number of amides is 1. The lowest BCUT2D eigenvalue weighted by Crippen LogP contribution is -2.49. The molecular weight excluding hydrogens is 372 g/mol. The fourth-order valence-electron chi connectivity index (χ4n) is 3.85. The minimum Gasteiger partial charge on any atom is -0.503 e. The van der Waals surface area contributed by atoms with Crippen molar-refractivity contribution in [3.8, 4) is 5.75 Å². The van der Waals surface area contributed by atoms with Crippen molar-refractivity contribution in [1.82, 2.24) is 9.88 Å². The van der Waals surface area contributed by atoms with Crippen molar-refractivity contribution in [1.29, 1.82) is 0 Å². The zero-order valence-electron chi connectivity index (χ0n) is 15.3. The van der Waals surface area contributed by atoms with Gasteiger partial charge in [0, 0.05) is 18.7 Å². The largest absolute Gasteiger partial charge is 0.503 e. The standard InChI is InChI=1S/C22H18N2O5/c25-19-15(22(28)29)11-24-12-16(23-21(27)18(24)20(19)26)17(13-7-3-1-4-8-13)14-9-5-2-6-10-14/h1-11,16-17,26H,12H2,(H,23,27)(H,28,29)/t16-/m0/s1. The van der Waals surface area contributed by atoms with Crippen molar-refractivity contribution in [3.63, 3.8) is 0 Å². The Bertz CT molecular complexity index is 1100. The first-order valence-electron chi connectivity index (χ1n) is 9.08. The molecule has 1 atom stereocenters. The first-order chi connectivity index (χ1) is 14.0. The summed E-state index contributed by atoms with van der Waals surface area (Å²) in [5, 5.41) is 22.3. The van der Waals surface area contributed by atoms with Crippen LogP contribution >= 0.6 is 0 Å². The van der Waals surface area contributed by atoms with E-state index in [1.54, 1.807) is 0 Å². The normalized spacial score (nSPS) is 15.6. The SMILES string of the molecule is O=C(O)c1cn2c(c(O)c1=O)C(=O)N[C@H](C(c1ccccc1)c1ccccc1)C2. The summed E-state index contributed by atoms with van der Waals surface area (Å²) < 4.78 is 1.35. The van der Waals surface area contributed by atoms with Gasteiger partial charge in [-0.3, -0.25) is 9.59 Å². The molecule has 29 heavy (non-hydrogen) atoms. The highest BCUT2D eigenvalue weighted by atomic mass is 16.4. The zero-order valence-corrected chi connectivity index (χ0v) is 15.3. The summed E-state index contributed by atoms with van der Waals surface area (Å²) in [7, 11) is 0. The minimum atomic E-state index is -1.45. The summed E-state index contributed by atoms with van der Waals surface area (Å²) in [4.78, 5) is 36.2. The smallest absolute Gasteiger partial charge is 0.341 e. The Morgan fingerprint density at radius 3 is 2.07 bits per heavy atom. The first kappa shape index (κ1) is 18.5. The Labute approximate surface area is 165 Å². The van der Waals surface area contributed by atoms with Crippen LogP contribution < -0.4 is 10.7 Å². The van der Waals surface area contributed by atoms with Gasteiger partial charge in [-0.2, -0.15) is 0 Å². The number of carboxylic acids is 1. The van der Waals surface area contributed by atoms with Crippen LogP contribution in [0.3, 0.4) is 0 Å². The number of aromatic nitrogens is 1. The van der Waals surface area contributed by atoms with Gasteiger partial charge in [0.05, 0.1) is 6.04 Å². The molecule has 0 aliphatic carbocycles. The molecule has 0 fully saturated rings. The number of nitrogens with one attached hydrogen (secondary N) is 1. The van der Waals surface area contributed by atoms with Crippen molar-refractivity contribution in [2.24, 2.45) is 0 Å². The second-order valence-electron chi connectivity index (χ2n) is 6.91. The summed E-state index contributed by atoms with van der Waals surface area (Å²) in [5.74, 6) is -3.13. The molecule has 3 N–H and O–H groups in total. The van der Waals surface area contributed by atoms with Crippen molar-refractivity contribution in [2.75, 3.05) is 0 Å². The average molecular weight is 390 g/mol. The van der Waals surface area contributed by atoms with E-state index >= 15 is 0 Å². The lowest BCUT2D eigenvalue weighted by molar-refractivity contribution is 0.0691. The molecule has 1 aliphatic rings. The molecule has 1 aliphatic heterocycles. The molecule has 0 bridgehead atoms. The fraction of sp³-hybridized carbons (Fsp3) is 0.136. The van der Waals surface area contributed by atoms with E-state index in [0.29, 0.717) is 0 Å². The molecule has 0 saturated heterocycles. The van der Waals surface area contributed by atoms with Crippen LogP contribution in [-0.2, 0) is 6.54 Å². The van der Waals surface area contributed by atoms with Crippen LogP contribution in [0.5, 0.6) is 5.75 Å². The summed E-state index contributed by atoms with van der Waals surface area (Å²) >= 11 is 0. The second-order valence-corrected chi connectivity index (χ2v) is 6.91. The number of hydrogen-bond donors (Lipinski definition) is 3. The van der Waals surface area contributed by atoms with E-state index in [-0.39, 0.29) is 18.2 Å². The summed E-state index contributed by atoms with van der Waals surface area (Å²) in [6.07, 6.45) is 1.12. The van der Waals surface area contributed by atoms with E-state index in [4.69, 9.17) is 0 Å². The van der Waals surface area contributed by atoms with Gasteiger partial charge in [-0.15, -0.1) is 0 Å². The van der Waals surface area contributed by atoms with Gasteiger partial charge in [-0.1, -0.05) is 60.7 Å². The van der Waals surface area contributed by atoms with Gasteiger partial charge in [0.15, 0.2) is 11.4 Å². The van der Waals surface area contributed by atoms with Crippen molar-refractivity contribution < 1.29 is 19.8 Å². The molecule has 2 heterocycles. The van der Waals surface area contributed by atoms with Gasteiger partial charge in [0.1, 0.15) is 5.56 Å². The Morgan fingerprint density at radius 1 is 1.00 bits per heavy atom. The Morgan fingerprint density at radius 2 is 1.55 bits per heavy atom. The van der Waals surface area contributed by atoms with E-state index < -0.39 is 34.7 Å². The highest BCUT2D eigenvalue weighted by molar-refractivity contribution is 5.97. The van der Waals surface area contributed by atoms with Gasteiger partial charge < -0.3 is 20.1 Å². The molecule has 0 unspecified atom stereocenters. The fourth-order valence-corrected chi connectivity index (χ4v) is 3.85. The highest BCUT2D eigenvalue weighted by Crippen LogP contribution is 2.31. The number of benzene rings is 2.